The Labute approximate surface area is 245 Å². The molecule has 1 heterocycles. The lowest BCUT2D eigenvalue weighted by molar-refractivity contribution is 0.269. The molecule has 0 bridgehead atoms. The van der Waals surface area contributed by atoms with E-state index in [-0.39, 0.29) is 18.5 Å². The Morgan fingerprint density at radius 3 is 2.68 bits per heavy atom. The minimum absolute atomic E-state index is 0.177. The molecule has 3 atom stereocenters. The largest absolute Gasteiger partial charge is 0.490 e. The molecule has 208 valence electrons. The summed E-state index contributed by atoms with van der Waals surface area (Å²) in [5, 5.41) is 4.21. The summed E-state index contributed by atoms with van der Waals surface area (Å²) in [4.78, 5) is 4.70. The zero-order valence-corrected chi connectivity index (χ0v) is 23.9. The molecule has 0 unspecified atom stereocenters. The molecule has 0 saturated heterocycles. The lowest BCUT2D eigenvalue weighted by Crippen LogP contribution is -2.29. The van der Waals surface area contributed by atoms with Crippen molar-refractivity contribution in [3.05, 3.63) is 130 Å². The van der Waals surface area contributed by atoms with Crippen LogP contribution in [0.15, 0.2) is 96.0 Å². The summed E-state index contributed by atoms with van der Waals surface area (Å²) >= 11 is 6.59. The minimum atomic E-state index is -0.308. The maximum absolute atomic E-state index is 13.6. The van der Waals surface area contributed by atoms with Crippen molar-refractivity contribution in [2.45, 2.75) is 38.8 Å². The van der Waals surface area contributed by atoms with Gasteiger partial charge in [-0.05, 0) is 90.9 Å². The highest BCUT2D eigenvalue weighted by molar-refractivity contribution is 6.32. The monoisotopic (exact) mass is 566 g/mol. The van der Waals surface area contributed by atoms with Crippen LogP contribution in [0.5, 0.6) is 11.5 Å². The van der Waals surface area contributed by atoms with E-state index in [1.54, 1.807) is 24.4 Å². The number of fused-ring (bicyclic) bond motifs is 3. The van der Waals surface area contributed by atoms with Gasteiger partial charge < -0.3 is 14.8 Å². The van der Waals surface area contributed by atoms with E-state index >= 15 is 0 Å². The maximum Gasteiger partial charge on any atom is 0.180 e. The van der Waals surface area contributed by atoms with E-state index in [0.717, 1.165) is 17.7 Å². The molecule has 1 aliphatic heterocycles. The van der Waals surface area contributed by atoms with Gasteiger partial charge in [0.25, 0.3) is 0 Å². The molecule has 0 aromatic heterocycles. The highest BCUT2D eigenvalue weighted by Crippen LogP contribution is 2.50. The third kappa shape index (κ3) is 5.86. The van der Waals surface area contributed by atoms with Crippen molar-refractivity contribution < 1.29 is 13.9 Å². The lowest BCUT2D eigenvalue weighted by Gasteiger charge is -2.37. The number of halogens is 2. The molecule has 0 amide bonds. The highest BCUT2D eigenvalue weighted by atomic mass is 35.5. The first-order valence-electron chi connectivity index (χ1n) is 14.0. The number of aliphatic imine (C=N–C) groups is 1. The molecular weight excluding hydrogens is 535 g/mol. The van der Waals surface area contributed by atoms with Crippen LogP contribution in [-0.4, -0.2) is 12.8 Å². The van der Waals surface area contributed by atoms with Crippen molar-refractivity contribution in [1.82, 2.24) is 0 Å². The van der Waals surface area contributed by atoms with Crippen molar-refractivity contribution in [1.29, 1.82) is 0 Å². The van der Waals surface area contributed by atoms with Gasteiger partial charge in [-0.3, -0.25) is 4.99 Å². The quantitative estimate of drug-likeness (QED) is 0.171. The Morgan fingerprint density at radius 2 is 1.88 bits per heavy atom. The molecule has 0 spiro atoms. The molecule has 4 aromatic rings. The third-order valence-corrected chi connectivity index (χ3v) is 8.02. The summed E-state index contributed by atoms with van der Waals surface area (Å²) in [6.45, 7) is 4.68. The number of hydrogen-bond donors (Lipinski definition) is 1. The van der Waals surface area contributed by atoms with Gasteiger partial charge in [0.05, 0.1) is 23.4 Å². The molecule has 0 saturated carbocycles. The highest BCUT2D eigenvalue weighted by Gasteiger charge is 2.37. The normalized spacial score (nSPS) is 19.1. The Morgan fingerprint density at radius 1 is 1.02 bits per heavy atom. The zero-order chi connectivity index (χ0) is 28.3. The van der Waals surface area contributed by atoms with E-state index in [2.05, 4.69) is 66.9 Å². The van der Waals surface area contributed by atoms with Crippen molar-refractivity contribution in [3.63, 3.8) is 0 Å². The number of anilines is 1. The first-order chi connectivity index (χ1) is 20.0. The molecule has 2 aliphatic rings. The fourth-order valence-corrected chi connectivity index (χ4v) is 6.08. The van der Waals surface area contributed by atoms with E-state index in [4.69, 9.17) is 26.1 Å². The van der Waals surface area contributed by atoms with E-state index in [9.17, 15) is 4.39 Å². The molecule has 41 heavy (non-hydrogen) atoms. The average Bonchev–Trinajstić information content (AvgIpc) is 3.46. The summed E-state index contributed by atoms with van der Waals surface area (Å²) in [6, 6.07) is 25.3. The standard InChI is InChI=1S/C35H32ClFN2O2/c1-3-40-33-19-24(18-31(36)35(33)41-21-23-6-4-7-26(37)17-23)20-38-27-13-11-25(12-14-27)34-29-9-5-8-28(29)30-16-22(2)10-15-32(30)39-34/h4-8,10-20,28-29,34,39H,3,9,21H2,1-2H3/t28-,29-,34-/m0/s1. The first-order valence-corrected chi connectivity index (χ1v) is 14.4. The summed E-state index contributed by atoms with van der Waals surface area (Å²) < 4.78 is 25.3. The lowest BCUT2D eigenvalue weighted by atomic mass is 9.76. The van der Waals surface area contributed by atoms with Crippen LogP contribution in [0.4, 0.5) is 15.8 Å². The van der Waals surface area contributed by atoms with Crippen molar-refractivity contribution in [2.24, 2.45) is 10.9 Å². The SMILES string of the molecule is CCOc1cc(C=Nc2ccc([C@@H]3Nc4ccc(C)cc4[C@H]4C=CC[C@@H]43)cc2)cc(Cl)c1OCc1cccc(F)c1. The molecule has 0 radical (unpaired) electrons. The number of aryl methyl sites for hydroxylation is 1. The summed E-state index contributed by atoms with van der Waals surface area (Å²) in [7, 11) is 0. The summed E-state index contributed by atoms with van der Waals surface area (Å²) in [6.07, 6.45) is 7.53. The Bertz CT molecular complexity index is 1620. The number of nitrogens with one attached hydrogen (secondary N) is 1. The van der Waals surface area contributed by atoms with E-state index in [0.29, 0.717) is 40.5 Å². The van der Waals surface area contributed by atoms with E-state index < -0.39 is 0 Å². The van der Waals surface area contributed by atoms with Crippen LogP contribution in [0.25, 0.3) is 0 Å². The molecule has 0 fully saturated rings. The summed E-state index contributed by atoms with van der Waals surface area (Å²) in [5.41, 5.74) is 7.53. The van der Waals surface area contributed by atoms with Gasteiger partial charge in [0.2, 0.25) is 0 Å². The van der Waals surface area contributed by atoms with Crippen LogP contribution in [0, 0.1) is 18.7 Å². The average molecular weight is 567 g/mol. The van der Waals surface area contributed by atoms with Gasteiger partial charge in [-0.15, -0.1) is 0 Å². The van der Waals surface area contributed by atoms with Gasteiger partial charge in [0, 0.05) is 17.8 Å². The number of ether oxygens (including phenoxy) is 2. The Kier molecular flexibility index (Phi) is 7.80. The van der Waals surface area contributed by atoms with Crippen LogP contribution in [0.2, 0.25) is 5.02 Å². The van der Waals surface area contributed by atoms with Crippen LogP contribution in [0.3, 0.4) is 0 Å². The van der Waals surface area contributed by atoms with Crippen LogP contribution < -0.4 is 14.8 Å². The number of nitrogens with zero attached hydrogens (tertiary/aromatic N) is 1. The van der Waals surface area contributed by atoms with Gasteiger partial charge in [0.15, 0.2) is 11.5 Å². The number of hydrogen-bond acceptors (Lipinski definition) is 4. The van der Waals surface area contributed by atoms with Crippen LogP contribution >= 0.6 is 11.6 Å². The molecule has 1 N–H and O–H groups in total. The smallest absolute Gasteiger partial charge is 0.180 e. The predicted octanol–water partition coefficient (Wildman–Crippen LogP) is 9.34. The Balaban J connectivity index is 1.18. The molecule has 6 rings (SSSR count). The fourth-order valence-electron chi connectivity index (χ4n) is 5.81. The van der Waals surface area contributed by atoms with Crippen LogP contribution in [-0.2, 0) is 6.61 Å². The van der Waals surface area contributed by atoms with Crippen LogP contribution in [0.1, 0.15) is 53.1 Å². The third-order valence-electron chi connectivity index (χ3n) is 7.74. The minimum Gasteiger partial charge on any atom is -0.490 e. The molecule has 6 heteroatoms. The van der Waals surface area contributed by atoms with E-state index in [1.807, 2.05) is 13.0 Å². The number of rotatable bonds is 8. The zero-order valence-electron chi connectivity index (χ0n) is 23.1. The first kappa shape index (κ1) is 27.1. The van der Waals surface area contributed by atoms with Crippen molar-refractivity contribution in [3.8, 4) is 11.5 Å². The molecule has 4 aromatic carbocycles. The Hall–Kier alpha value is -4.09. The van der Waals surface area contributed by atoms with E-state index in [1.165, 1.54) is 34.5 Å². The van der Waals surface area contributed by atoms with Gasteiger partial charge in [-0.2, -0.15) is 0 Å². The number of allylic oxidation sites excluding steroid dienone is 2. The fraction of sp³-hybridized carbons (Fsp3) is 0.229. The maximum atomic E-state index is 13.6. The molecule has 4 nitrogen and oxygen atoms in total. The van der Waals surface area contributed by atoms with Crippen molar-refractivity contribution >= 4 is 29.2 Å². The van der Waals surface area contributed by atoms with Gasteiger partial charge in [0.1, 0.15) is 12.4 Å². The topological polar surface area (TPSA) is 42.8 Å². The van der Waals surface area contributed by atoms with Crippen molar-refractivity contribution in [2.75, 3.05) is 11.9 Å². The molecule has 1 aliphatic carbocycles. The van der Waals surface area contributed by atoms with Gasteiger partial charge in [-0.25, -0.2) is 4.39 Å². The van der Waals surface area contributed by atoms with Gasteiger partial charge >= 0.3 is 0 Å². The summed E-state index contributed by atoms with van der Waals surface area (Å²) in [5.74, 6) is 1.58. The second-order valence-electron chi connectivity index (χ2n) is 10.6. The second kappa shape index (κ2) is 11.8. The number of benzene rings is 4. The molecular formula is C35H32ClFN2O2. The second-order valence-corrected chi connectivity index (χ2v) is 11.0. The van der Waals surface area contributed by atoms with Gasteiger partial charge in [-0.1, -0.05) is 65.7 Å². The predicted molar refractivity (Wildman–Crippen MR) is 165 cm³/mol.